The van der Waals surface area contributed by atoms with E-state index in [1.165, 1.54) is 5.56 Å². The molecule has 178 valence electrons. The molecule has 1 unspecified atom stereocenters. The van der Waals surface area contributed by atoms with Crippen LogP contribution in [0.1, 0.15) is 24.5 Å². The Balaban J connectivity index is 1.28. The third kappa shape index (κ3) is 4.92. The zero-order chi connectivity index (χ0) is 24.2. The Morgan fingerprint density at radius 3 is 2.54 bits per heavy atom. The van der Waals surface area contributed by atoms with Crippen molar-refractivity contribution in [1.29, 1.82) is 0 Å². The number of fused-ring (bicyclic) bond motifs is 1. The number of carbonyl (C=O) groups is 1. The van der Waals surface area contributed by atoms with Gasteiger partial charge in [0.1, 0.15) is 17.2 Å². The minimum Gasteiger partial charge on any atom is -0.496 e. The second kappa shape index (κ2) is 10.1. The van der Waals surface area contributed by atoms with Crippen LogP contribution in [0.25, 0.3) is 10.9 Å². The molecule has 1 atom stereocenters. The number of carbonyl (C=O) groups excluding carboxylic acids is 1. The monoisotopic (exact) mass is 467 g/mol. The van der Waals surface area contributed by atoms with Crippen LogP contribution in [0.5, 0.6) is 17.2 Å². The Morgan fingerprint density at radius 1 is 1.03 bits per heavy atom. The number of rotatable bonds is 7. The minimum absolute atomic E-state index is 0.0629. The number of amides is 2. The van der Waals surface area contributed by atoms with Gasteiger partial charge in [0.05, 0.1) is 12.6 Å². The van der Waals surface area contributed by atoms with Gasteiger partial charge in [-0.2, -0.15) is 0 Å². The zero-order valence-electron chi connectivity index (χ0n) is 20.0. The largest absolute Gasteiger partial charge is 0.496 e. The summed E-state index contributed by atoms with van der Waals surface area (Å²) in [5.74, 6) is 2.27. The van der Waals surface area contributed by atoms with E-state index in [-0.39, 0.29) is 12.1 Å². The molecule has 0 bridgehead atoms. The number of urea groups is 1. The number of methoxy groups -OCH3 is 1. The second-order valence-electron chi connectivity index (χ2n) is 8.72. The molecule has 1 N–H and O–H groups in total. The van der Waals surface area contributed by atoms with E-state index in [0.717, 1.165) is 52.9 Å². The first-order valence-corrected chi connectivity index (χ1v) is 12.0. The molecule has 35 heavy (non-hydrogen) atoms. The summed E-state index contributed by atoms with van der Waals surface area (Å²) in [6.07, 6.45) is 4.33. The van der Waals surface area contributed by atoms with Crippen LogP contribution >= 0.6 is 0 Å². The number of aryl methyl sites for hydroxylation is 1. The van der Waals surface area contributed by atoms with Crippen LogP contribution in [0.2, 0.25) is 0 Å². The molecule has 1 aromatic heterocycles. The summed E-state index contributed by atoms with van der Waals surface area (Å²) in [7, 11) is 1.67. The molecule has 3 aromatic carbocycles. The van der Waals surface area contributed by atoms with E-state index in [4.69, 9.17) is 9.47 Å². The lowest BCUT2D eigenvalue weighted by molar-refractivity contribution is 0.236. The van der Waals surface area contributed by atoms with Crippen molar-refractivity contribution in [3.8, 4) is 17.2 Å². The summed E-state index contributed by atoms with van der Waals surface area (Å²) in [6, 6.07) is 23.9. The number of benzene rings is 3. The predicted molar refractivity (Wildman–Crippen MR) is 139 cm³/mol. The number of pyridine rings is 1. The number of ether oxygens (including phenoxy) is 2. The Labute approximate surface area is 205 Å². The minimum atomic E-state index is -0.0629. The smallest absolute Gasteiger partial charge is 0.322 e. The first-order chi connectivity index (χ1) is 17.1. The summed E-state index contributed by atoms with van der Waals surface area (Å²) < 4.78 is 11.7. The van der Waals surface area contributed by atoms with Crippen molar-refractivity contribution < 1.29 is 14.3 Å². The summed E-state index contributed by atoms with van der Waals surface area (Å²) in [4.78, 5) is 19.1. The molecule has 0 aliphatic carbocycles. The van der Waals surface area contributed by atoms with Gasteiger partial charge in [-0.1, -0.05) is 37.3 Å². The highest BCUT2D eigenvalue weighted by Crippen LogP contribution is 2.34. The van der Waals surface area contributed by atoms with Crippen LogP contribution in [0.4, 0.5) is 10.5 Å². The molecule has 0 saturated carbocycles. The first kappa shape index (κ1) is 22.7. The topological polar surface area (TPSA) is 63.7 Å². The Kier molecular flexibility index (Phi) is 6.53. The summed E-state index contributed by atoms with van der Waals surface area (Å²) >= 11 is 0. The lowest BCUT2D eigenvalue weighted by Gasteiger charge is -2.33. The van der Waals surface area contributed by atoms with Gasteiger partial charge < -0.3 is 14.8 Å². The molecule has 1 aliphatic heterocycles. The van der Waals surface area contributed by atoms with Crippen molar-refractivity contribution >= 4 is 22.6 Å². The number of anilines is 1. The number of nitrogens with one attached hydrogen (secondary N) is 1. The van der Waals surface area contributed by atoms with Crippen LogP contribution < -0.4 is 19.7 Å². The van der Waals surface area contributed by atoms with E-state index in [2.05, 4.69) is 35.4 Å². The second-order valence-corrected chi connectivity index (χ2v) is 8.72. The molecular formula is C29H29N3O3. The van der Waals surface area contributed by atoms with Crippen LogP contribution in [-0.4, -0.2) is 30.7 Å². The molecule has 1 fully saturated rings. The molecule has 2 heterocycles. The maximum Gasteiger partial charge on any atom is 0.322 e. The maximum absolute atomic E-state index is 12.8. The van der Waals surface area contributed by atoms with Gasteiger partial charge in [-0.05, 0) is 66.8 Å². The molecule has 6 nitrogen and oxygen atoms in total. The lowest BCUT2D eigenvalue weighted by atomic mass is 10.0. The molecule has 1 saturated heterocycles. The highest BCUT2D eigenvalue weighted by atomic mass is 16.5. The van der Waals surface area contributed by atoms with E-state index in [1.807, 2.05) is 54.6 Å². The third-order valence-corrected chi connectivity index (χ3v) is 6.46. The molecule has 0 radical (unpaired) electrons. The van der Waals surface area contributed by atoms with E-state index in [9.17, 15) is 4.79 Å². The summed E-state index contributed by atoms with van der Waals surface area (Å²) in [5.41, 5.74) is 4.02. The van der Waals surface area contributed by atoms with Gasteiger partial charge in [-0.25, -0.2) is 4.79 Å². The average molecular weight is 468 g/mol. The molecule has 0 spiro atoms. The highest BCUT2D eigenvalue weighted by molar-refractivity contribution is 5.93. The fourth-order valence-corrected chi connectivity index (χ4v) is 4.58. The normalized spacial score (nSPS) is 15.7. The van der Waals surface area contributed by atoms with Gasteiger partial charge in [-0.15, -0.1) is 0 Å². The van der Waals surface area contributed by atoms with Gasteiger partial charge in [0.25, 0.3) is 0 Å². The van der Waals surface area contributed by atoms with Gasteiger partial charge >= 0.3 is 6.03 Å². The van der Waals surface area contributed by atoms with Crippen LogP contribution in [-0.2, 0) is 12.8 Å². The van der Waals surface area contributed by atoms with Crippen LogP contribution in [0, 0.1) is 0 Å². The fourth-order valence-electron chi connectivity index (χ4n) is 4.58. The van der Waals surface area contributed by atoms with Crippen molar-refractivity contribution in [2.45, 2.75) is 32.2 Å². The van der Waals surface area contributed by atoms with Crippen molar-refractivity contribution in [2.24, 2.45) is 0 Å². The van der Waals surface area contributed by atoms with E-state index in [1.54, 1.807) is 18.2 Å². The van der Waals surface area contributed by atoms with Gasteiger partial charge in [0.15, 0.2) is 0 Å². The Morgan fingerprint density at radius 2 is 1.83 bits per heavy atom. The van der Waals surface area contributed by atoms with Crippen molar-refractivity contribution in [2.75, 3.05) is 18.6 Å². The Hall–Kier alpha value is -4.06. The standard InChI is InChI=1S/C29H29N3O3/c1-3-21-18-25-26(19-28(21)34-2)30-15-13-27(25)35-24-11-9-23(10-12-24)32-16-14-22(31-29(32)33)17-20-7-5-4-6-8-20/h4-13,15,18-19,22H,3,14,16-17H2,1-2H3,(H,31,33). The number of hydrogen-bond donors (Lipinski definition) is 1. The highest BCUT2D eigenvalue weighted by Gasteiger charge is 2.26. The fraction of sp³-hybridized carbons (Fsp3) is 0.241. The van der Waals surface area contributed by atoms with E-state index < -0.39 is 0 Å². The van der Waals surface area contributed by atoms with E-state index in [0.29, 0.717) is 12.3 Å². The van der Waals surface area contributed by atoms with Gasteiger partial charge in [0.2, 0.25) is 0 Å². The maximum atomic E-state index is 12.8. The molecule has 1 aliphatic rings. The quantitative estimate of drug-likeness (QED) is 0.355. The van der Waals surface area contributed by atoms with Crippen LogP contribution in [0.15, 0.2) is 79.0 Å². The van der Waals surface area contributed by atoms with Crippen LogP contribution in [0.3, 0.4) is 0 Å². The molecule has 6 heteroatoms. The predicted octanol–water partition coefficient (Wildman–Crippen LogP) is 6.13. The first-order valence-electron chi connectivity index (χ1n) is 12.0. The number of aromatic nitrogens is 1. The van der Waals surface area contributed by atoms with E-state index >= 15 is 0 Å². The molecule has 4 aromatic rings. The summed E-state index contributed by atoms with van der Waals surface area (Å²) in [5, 5.41) is 4.09. The van der Waals surface area contributed by atoms with Crippen molar-refractivity contribution in [3.63, 3.8) is 0 Å². The van der Waals surface area contributed by atoms with Crippen molar-refractivity contribution in [1.82, 2.24) is 10.3 Å². The molecular weight excluding hydrogens is 438 g/mol. The third-order valence-electron chi connectivity index (χ3n) is 6.46. The lowest BCUT2D eigenvalue weighted by Crippen LogP contribution is -2.52. The Bertz CT molecular complexity index is 1320. The van der Waals surface area contributed by atoms with Gasteiger partial charge in [-0.3, -0.25) is 9.88 Å². The zero-order valence-corrected chi connectivity index (χ0v) is 20.0. The molecule has 5 rings (SSSR count). The SMILES string of the molecule is CCc1cc2c(Oc3ccc(N4CCC(Cc5ccccc5)NC4=O)cc3)ccnc2cc1OC. The van der Waals surface area contributed by atoms with Crippen molar-refractivity contribution in [3.05, 3.63) is 90.1 Å². The molecule has 2 amide bonds. The van der Waals surface area contributed by atoms with Gasteiger partial charge in [0, 0.05) is 35.9 Å². The average Bonchev–Trinajstić information content (AvgIpc) is 2.89. The number of hydrogen-bond acceptors (Lipinski definition) is 4. The summed E-state index contributed by atoms with van der Waals surface area (Å²) in [6.45, 7) is 2.78. The number of nitrogens with zero attached hydrogens (tertiary/aromatic N) is 2.